The number of fused-ring (bicyclic) bond motifs is 1. The maximum atomic E-state index is 13.1. The highest BCUT2D eigenvalue weighted by molar-refractivity contribution is 6.48. The van der Waals surface area contributed by atoms with Crippen molar-refractivity contribution in [2.75, 3.05) is 12.4 Å². The van der Waals surface area contributed by atoms with E-state index < -0.39 is 11.7 Å². The second-order valence-corrected chi connectivity index (χ2v) is 7.37. The van der Waals surface area contributed by atoms with Crippen molar-refractivity contribution in [2.45, 2.75) is 13.5 Å². The van der Waals surface area contributed by atoms with Gasteiger partial charge in [-0.05, 0) is 36.8 Å². The molecule has 0 aliphatic rings. The number of anilines is 1. The van der Waals surface area contributed by atoms with Gasteiger partial charge in [-0.3, -0.25) is 14.6 Å². The first-order valence-corrected chi connectivity index (χ1v) is 9.88. The number of Topliss-reactive ketones (excluding diaryl/α,β-unsaturated/α-hetero) is 1. The Morgan fingerprint density at radius 1 is 1.13 bits per heavy atom. The van der Waals surface area contributed by atoms with Gasteiger partial charge >= 0.3 is 0 Å². The summed E-state index contributed by atoms with van der Waals surface area (Å²) in [6.45, 7) is 2.35. The highest BCUT2D eigenvalue weighted by atomic mass is 35.5. The Bertz CT molecular complexity index is 1280. The number of amides is 1. The molecule has 3 heterocycles. The number of hydrogen-bond donors (Lipinski definition) is 1. The summed E-state index contributed by atoms with van der Waals surface area (Å²) in [5.74, 6) is -1.04. The van der Waals surface area contributed by atoms with Gasteiger partial charge in [-0.25, -0.2) is 4.98 Å². The number of pyridine rings is 2. The molecule has 4 rings (SSSR count). The van der Waals surface area contributed by atoms with Gasteiger partial charge in [0, 0.05) is 53.0 Å². The minimum absolute atomic E-state index is 0.329. The zero-order valence-corrected chi connectivity index (χ0v) is 17.7. The number of rotatable bonds is 6. The number of benzene rings is 1. The van der Waals surface area contributed by atoms with Crippen LogP contribution >= 0.6 is 11.6 Å². The molecule has 0 fully saturated rings. The van der Waals surface area contributed by atoms with Gasteiger partial charge in [0.2, 0.25) is 5.88 Å². The Labute approximate surface area is 183 Å². The first kappa shape index (κ1) is 20.6. The van der Waals surface area contributed by atoms with Crippen LogP contribution in [0.25, 0.3) is 10.9 Å². The van der Waals surface area contributed by atoms with Crippen molar-refractivity contribution in [3.63, 3.8) is 0 Å². The molecule has 0 unspecified atom stereocenters. The highest BCUT2D eigenvalue weighted by Crippen LogP contribution is 2.27. The van der Waals surface area contributed by atoms with Crippen LogP contribution in [0.1, 0.15) is 21.6 Å². The average Bonchev–Trinajstić information content (AvgIpc) is 3.06. The number of halogens is 1. The molecule has 0 saturated heterocycles. The van der Waals surface area contributed by atoms with E-state index in [-0.39, 0.29) is 0 Å². The fourth-order valence-electron chi connectivity index (χ4n) is 3.49. The predicted octanol–water partition coefficient (Wildman–Crippen LogP) is 4.27. The first-order valence-electron chi connectivity index (χ1n) is 9.51. The second kappa shape index (κ2) is 8.57. The Morgan fingerprint density at radius 3 is 2.65 bits per heavy atom. The molecule has 8 heteroatoms. The zero-order chi connectivity index (χ0) is 22.0. The Kier molecular flexibility index (Phi) is 5.68. The van der Waals surface area contributed by atoms with Crippen LogP contribution in [0.5, 0.6) is 5.88 Å². The van der Waals surface area contributed by atoms with Gasteiger partial charge < -0.3 is 14.6 Å². The lowest BCUT2D eigenvalue weighted by Crippen LogP contribution is -2.23. The third-order valence-corrected chi connectivity index (χ3v) is 5.27. The van der Waals surface area contributed by atoms with Gasteiger partial charge in [-0.15, -0.1) is 0 Å². The summed E-state index contributed by atoms with van der Waals surface area (Å²) in [7, 11) is 1.48. The molecule has 0 radical (unpaired) electrons. The number of nitrogens with one attached hydrogen (secondary N) is 1. The summed E-state index contributed by atoms with van der Waals surface area (Å²) in [5, 5.41) is 3.90. The van der Waals surface area contributed by atoms with Crippen LogP contribution in [0.2, 0.25) is 5.02 Å². The van der Waals surface area contributed by atoms with E-state index in [1.165, 1.54) is 13.3 Å². The van der Waals surface area contributed by atoms with E-state index in [1.807, 2.05) is 41.8 Å². The number of methoxy groups -OCH3 is 1. The van der Waals surface area contributed by atoms with Crippen molar-refractivity contribution in [3.8, 4) is 5.88 Å². The minimum Gasteiger partial charge on any atom is -0.481 e. The lowest BCUT2D eigenvalue weighted by Gasteiger charge is -2.09. The van der Waals surface area contributed by atoms with Crippen molar-refractivity contribution in [1.82, 2.24) is 14.5 Å². The molecule has 1 N–H and O–H groups in total. The first-order chi connectivity index (χ1) is 15.0. The summed E-state index contributed by atoms with van der Waals surface area (Å²) in [5.41, 5.74) is 3.28. The molecule has 0 aliphatic carbocycles. The summed E-state index contributed by atoms with van der Waals surface area (Å²) in [6.07, 6.45) is 4.76. The van der Waals surface area contributed by atoms with Crippen molar-refractivity contribution in [1.29, 1.82) is 0 Å². The lowest BCUT2D eigenvalue weighted by atomic mass is 10.1. The van der Waals surface area contributed by atoms with E-state index in [2.05, 4.69) is 15.3 Å². The molecule has 0 bridgehead atoms. The fourth-order valence-corrected chi connectivity index (χ4v) is 3.61. The smallest absolute Gasteiger partial charge is 0.296 e. The van der Waals surface area contributed by atoms with Crippen LogP contribution in [-0.4, -0.2) is 33.3 Å². The SMILES string of the molecule is COc1cc(NC(=O)C(=O)c2c(C)n(Cc3ccc(Cl)cc3)c3ccncc23)ccn1. The van der Waals surface area contributed by atoms with Crippen molar-refractivity contribution < 1.29 is 14.3 Å². The average molecular weight is 435 g/mol. The van der Waals surface area contributed by atoms with Crippen molar-refractivity contribution in [3.05, 3.63) is 82.9 Å². The largest absolute Gasteiger partial charge is 0.481 e. The van der Waals surface area contributed by atoms with Crippen molar-refractivity contribution in [2.24, 2.45) is 0 Å². The number of nitrogens with zero attached hydrogens (tertiary/aromatic N) is 3. The maximum Gasteiger partial charge on any atom is 0.296 e. The molecule has 1 aromatic carbocycles. The van der Waals surface area contributed by atoms with Gasteiger partial charge in [-0.1, -0.05) is 23.7 Å². The van der Waals surface area contributed by atoms with E-state index in [4.69, 9.17) is 16.3 Å². The van der Waals surface area contributed by atoms with E-state index >= 15 is 0 Å². The van der Waals surface area contributed by atoms with Crippen LogP contribution < -0.4 is 10.1 Å². The van der Waals surface area contributed by atoms with E-state index in [9.17, 15) is 9.59 Å². The topological polar surface area (TPSA) is 86.1 Å². The maximum absolute atomic E-state index is 13.1. The lowest BCUT2D eigenvalue weighted by molar-refractivity contribution is -0.112. The van der Waals surface area contributed by atoms with Gasteiger partial charge in [-0.2, -0.15) is 0 Å². The predicted molar refractivity (Wildman–Crippen MR) is 119 cm³/mol. The number of hydrogen-bond acceptors (Lipinski definition) is 5. The molecule has 0 atom stereocenters. The van der Waals surface area contributed by atoms with E-state index in [0.717, 1.165) is 11.1 Å². The number of aromatic nitrogens is 3. The third-order valence-electron chi connectivity index (χ3n) is 5.01. The molecule has 0 spiro atoms. The Morgan fingerprint density at radius 2 is 1.90 bits per heavy atom. The minimum atomic E-state index is -0.745. The van der Waals surface area contributed by atoms with Gasteiger partial charge in [0.05, 0.1) is 18.2 Å². The quantitative estimate of drug-likeness (QED) is 0.361. The third kappa shape index (κ3) is 4.13. The molecular formula is C23H19ClN4O3. The van der Waals surface area contributed by atoms with Crippen LogP contribution in [0.15, 0.2) is 61.1 Å². The second-order valence-electron chi connectivity index (χ2n) is 6.94. The van der Waals surface area contributed by atoms with Gasteiger partial charge in [0.1, 0.15) is 0 Å². The molecule has 3 aromatic heterocycles. The Hall–Kier alpha value is -3.71. The van der Waals surface area contributed by atoms with Crippen LogP contribution in [0, 0.1) is 6.92 Å². The van der Waals surface area contributed by atoms with E-state index in [0.29, 0.717) is 39.8 Å². The number of carbonyl (C=O) groups is 2. The number of carbonyl (C=O) groups excluding carboxylic acids is 2. The van der Waals surface area contributed by atoms with Crippen LogP contribution in [0.4, 0.5) is 5.69 Å². The normalized spacial score (nSPS) is 10.8. The van der Waals surface area contributed by atoms with Gasteiger partial charge in [0.25, 0.3) is 11.7 Å². The summed E-state index contributed by atoms with van der Waals surface area (Å²) in [4.78, 5) is 34.0. The molecule has 4 aromatic rings. The Balaban J connectivity index is 1.69. The summed E-state index contributed by atoms with van der Waals surface area (Å²) >= 11 is 5.99. The van der Waals surface area contributed by atoms with Crippen LogP contribution in [0.3, 0.4) is 0 Å². The molecule has 31 heavy (non-hydrogen) atoms. The summed E-state index contributed by atoms with van der Waals surface area (Å²) < 4.78 is 7.05. The molecule has 0 aliphatic heterocycles. The highest BCUT2D eigenvalue weighted by Gasteiger charge is 2.25. The standard InChI is InChI=1S/C23H19ClN4O3/c1-14-21(22(29)23(30)27-17-7-10-26-20(11-17)31-2)18-12-25-9-8-19(18)28(14)13-15-3-5-16(24)6-4-15/h3-12H,13H2,1-2H3,(H,26,27,30). The molecule has 1 amide bonds. The fraction of sp³-hybridized carbons (Fsp3) is 0.130. The molecule has 0 saturated carbocycles. The van der Waals surface area contributed by atoms with Crippen molar-refractivity contribution >= 4 is 39.9 Å². The van der Waals surface area contributed by atoms with Gasteiger partial charge in [0.15, 0.2) is 0 Å². The number of ketones is 1. The number of ether oxygens (including phenoxy) is 1. The summed E-state index contributed by atoms with van der Waals surface area (Å²) in [6, 6.07) is 12.5. The van der Waals surface area contributed by atoms with Crippen LogP contribution in [-0.2, 0) is 11.3 Å². The zero-order valence-electron chi connectivity index (χ0n) is 16.9. The van der Waals surface area contributed by atoms with E-state index in [1.54, 1.807) is 24.5 Å². The molecule has 156 valence electrons. The monoisotopic (exact) mass is 434 g/mol. The molecular weight excluding hydrogens is 416 g/mol. The molecule has 7 nitrogen and oxygen atoms in total.